The Labute approximate surface area is 179 Å². The lowest BCUT2D eigenvalue weighted by Gasteiger charge is -2.43. The van der Waals surface area contributed by atoms with E-state index in [0.717, 1.165) is 40.6 Å². The molecule has 9 heteroatoms. The van der Waals surface area contributed by atoms with Crippen LogP contribution in [-0.2, 0) is 4.79 Å². The molecule has 1 aliphatic rings. The molecule has 1 fully saturated rings. The van der Waals surface area contributed by atoms with Gasteiger partial charge in [0.05, 0.1) is 22.1 Å². The second-order valence-electron chi connectivity index (χ2n) is 8.18. The average molecular weight is 416 g/mol. The smallest absolute Gasteiger partial charge is 0.243 e. The molecule has 4 aromatic rings. The minimum atomic E-state index is -0.334. The van der Waals surface area contributed by atoms with Crippen LogP contribution in [0.2, 0.25) is 0 Å². The molecule has 4 aromatic heterocycles. The minimum absolute atomic E-state index is 0.0750. The number of nitrogens with one attached hydrogen (secondary N) is 3. The fourth-order valence-corrected chi connectivity index (χ4v) is 4.37. The molecule has 0 atom stereocenters. The Balaban J connectivity index is 1.46. The van der Waals surface area contributed by atoms with E-state index in [4.69, 9.17) is 4.98 Å². The van der Waals surface area contributed by atoms with Crippen molar-refractivity contribution in [2.45, 2.75) is 25.8 Å². The third-order valence-corrected chi connectivity index (χ3v) is 5.98. The molecule has 0 radical (unpaired) electrons. The number of anilines is 2. The van der Waals surface area contributed by atoms with Crippen LogP contribution in [0.15, 0.2) is 42.7 Å². The van der Waals surface area contributed by atoms with E-state index < -0.39 is 0 Å². The van der Waals surface area contributed by atoms with Gasteiger partial charge in [0.15, 0.2) is 5.82 Å². The van der Waals surface area contributed by atoms with Crippen LogP contribution < -0.4 is 16.0 Å². The fourth-order valence-electron chi connectivity index (χ4n) is 4.37. The van der Waals surface area contributed by atoms with Crippen LogP contribution in [0.4, 0.5) is 11.8 Å². The summed E-state index contributed by atoms with van der Waals surface area (Å²) in [6, 6.07) is 9.92. The van der Waals surface area contributed by atoms with Gasteiger partial charge in [-0.15, -0.1) is 5.10 Å². The predicted molar refractivity (Wildman–Crippen MR) is 120 cm³/mol. The Morgan fingerprint density at radius 1 is 1.13 bits per heavy atom. The number of carbonyl (C=O) groups excluding carboxylic acids is 1. The van der Waals surface area contributed by atoms with Gasteiger partial charge in [-0.05, 0) is 43.2 Å². The predicted octanol–water partition coefficient (Wildman–Crippen LogP) is 2.71. The van der Waals surface area contributed by atoms with Gasteiger partial charge in [-0.2, -0.15) is 4.98 Å². The Morgan fingerprint density at radius 2 is 1.97 bits per heavy atom. The number of hydrogen-bond acceptors (Lipinski definition) is 7. The van der Waals surface area contributed by atoms with Gasteiger partial charge < -0.3 is 16.0 Å². The lowest BCUT2D eigenvalue weighted by Crippen LogP contribution is -2.51. The number of nitrogens with zero attached hydrogens (tertiary/aromatic N) is 5. The number of amides is 1. The quantitative estimate of drug-likeness (QED) is 0.459. The Hall–Kier alpha value is -3.75. The van der Waals surface area contributed by atoms with Crippen LogP contribution in [0.5, 0.6) is 0 Å². The standard InChI is InChI=1S/C22H24N8O/c1-22(20(31)24-3)11-13(12-22)26-21-28-19(23-2)18-14(8-10-30(18)29-21)15-6-7-16-17(27-15)5-4-9-25-16/h4-10,13H,11-12H2,1-3H3,(H,24,31)(H2,23,26,28,29). The number of fused-ring (bicyclic) bond motifs is 2. The summed E-state index contributed by atoms with van der Waals surface area (Å²) in [6.45, 7) is 1.98. The summed E-state index contributed by atoms with van der Waals surface area (Å²) in [5.41, 5.74) is 4.00. The van der Waals surface area contributed by atoms with Crippen LogP contribution in [-0.4, -0.2) is 50.6 Å². The van der Waals surface area contributed by atoms with E-state index in [1.54, 1.807) is 13.2 Å². The van der Waals surface area contributed by atoms with Crippen molar-refractivity contribution < 1.29 is 4.79 Å². The van der Waals surface area contributed by atoms with Crippen molar-refractivity contribution in [3.63, 3.8) is 0 Å². The van der Waals surface area contributed by atoms with Crippen molar-refractivity contribution in [3.8, 4) is 11.3 Å². The van der Waals surface area contributed by atoms with Gasteiger partial charge in [-0.1, -0.05) is 6.92 Å². The highest BCUT2D eigenvalue weighted by Gasteiger charge is 2.46. The first-order valence-corrected chi connectivity index (χ1v) is 10.3. The van der Waals surface area contributed by atoms with Crippen molar-refractivity contribution in [1.82, 2.24) is 29.9 Å². The second kappa shape index (κ2) is 7.19. The third-order valence-electron chi connectivity index (χ3n) is 5.98. The highest BCUT2D eigenvalue weighted by molar-refractivity contribution is 5.89. The zero-order chi connectivity index (χ0) is 21.6. The zero-order valence-corrected chi connectivity index (χ0v) is 17.7. The maximum atomic E-state index is 12.0. The van der Waals surface area contributed by atoms with E-state index in [1.807, 2.05) is 55.0 Å². The molecular weight excluding hydrogens is 392 g/mol. The van der Waals surface area contributed by atoms with Crippen LogP contribution in [0.25, 0.3) is 27.8 Å². The maximum absolute atomic E-state index is 12.0. The monoisotopic (exact) mass is 416 g/mol. The van der Waals surface area contributed by atoms with E-state index in [1.165, 1.54) is 0 Å². The van der Waals surface area contributed by atoms with Crippen molar-refractivity contribution in [1.29, 1.82) is 0 Å². The van der Waals surface area contributed by atoms with Crippen molar-refractivity contribution in [3.05, 3.63) is 42.7 Å². The van der Waals surface area contributed by atoms with Crippen molar-refractivity contribution in [2.75, 3.05) is 24.7 Å². The Bertz CT molecular complexity index is 1290. The highest BCUT2D eigenvalue weighted by Crippen LogP contribution is 2.42. The molecule has 1 saturated carbocycles. The van der Waals surface area contributed by atoms with Crippen LogP contribution >= 0.6 is 0 Å². The summed E-state index contributed by atoms with van der Waals surface area (Å²) < 4.78 is 1.81. The molecule has 4 heterocycles. The molecule has 0 saturated heterocycles. The lowest BCUT2D eigenvalue weighted by molar-refractivity contribution is -0.134. The van der Waals surface area contributed by atoms with E-state index in [-0.39, 0.29) is 17.4 Å². The number of rotatable bonds is 5. The largest absolute Gasteiger partial charge is 0.371 e. The molecular formula is C22H24N8O. The lowest BCUT2D eigenvalue weighted by atomic mass is 9.66. The summed E-state index contributed by atoms with van der Waals surface area (Å²) >= 11 is 0. The molecule has 1 amide bonds. The third kappa shape index (κ3) is 3.22. The van der Waals surface area contributed by atoms with E-state index in [2.05, 4.69) is 31.0 Å². The van der Waals surface area contributed by atoms with E-state index in [0.29, 0.717) is 11.8 Å². The second-order valence-corrected chi connectivity index (χ2v) is 8.18. The van der Waals surface area contributed by atoms with Gasteiger partial charge in [0.1, 0.15) is 5.52 Å². The molecule has 31 heavy (non-hydrogen) atoms. The number of hydrogen-bond donors (Lipinski definition) is 3. The van der Waals surface area contributed by atoms with Crippen molar-refractivity contribution in [2.24, 2.45) is 5.41 Å². The topological polar surface area (TPSA) is 109 Å². The molecule has 5 rings (SSSR count). The summed E-state index contributed by atoms with van der Waals surface area (Å²) in [5.74, 6) is 1.31. The first kappa shape index (κ1) is 19.2. The molecule has 0 aromatic carbocycles. The fraction of sp³-hybridized carbons (Fsp3) is 0.318. The van der Waals surface area contributed by atoms with Gasteiger partial charge in [-0.3, -0.25) is 9.78 Å². The first-order chi connectivity index (χ1) is 15.0. The molecule has 0 unspecified atom stereocenters. The summed E-state index contributed by atoms with van der Waals surface area (Å²) in [5, 5.41) is 13.9. The molecule has 0 bridgehead atoms. The van der Waals surface area contributed by atoms with Crippen LogP contribution in [0.1, 0.15) is 19.8 Å². The normalized spacial score (nSPS) is 20.4. The number of pyridine rings is 2. The summed E-state index contributed by atoms with van der Waals surface area (Å²) in [7, 11) is 3.52. The molecule has 158 valence electrons. The zero-order valence-electron chi connectivity index (χ0n) is 17.7. The molecule has 0 aliphatic heterocycles. The summed E-state index contributed by atoms with van der Waals surface area (Å²) in [6.07, 6.45) is 5.16. The number of aromatic nitrogens is 5. The Kier molecular flexibility index (Phi) is 4.46. The molecule has 1 aliphatic carbocycles. The van der Waals surface area contributed by atoms with Gasteiger partial charge >= 0.3 is 0 Å². The maximum Gasteiger partial charge on any atom is 0.243 e. The highest BCUT2D eigenvalue weighted by atomic mass is 16.2. The number of carbonyl (C=O) groups is 1. The Morgan fingerprint density at radius 3 is 2.74 bits per heavy atom. The van der Waals surface area contributed by atoms with Crippen molar-refractivity contribution >= 4 is 34.2 Å². The SMILES string of the molecule is CNC(=O)C1(C)CC(Nc2nc(NC)c3c(-c4ccc5ncccc5n4)ccn3n2)C1. The molecule has 0 spiro atoms. The first-order valence-electron chi connectivity index (χ1n) is 10.3. The van der Waals surface area contributed by atoms with Gasteiger partial charge in [-0.25, -0.2) is 9.50 Å². The molecule has 9 nitrogen and oxygen atoms in total. The van der Waals surface area contributed by atoms with Crippen LogP contribution in [0.3, 0.4) is 0 Å². The van der Waals surface area contributed by atoms with Crippen LogP contribution in [0, 0.1) is 5.41 Å². The van der Waals surface area contributed by atoms with Gasteiger partial charge in [0.25, 0.3) is 0 Å². The van der Waals surface area contributed by atoms with E-state index >= 15 is 0 Å². The summed E-state index contributed by atoms with van der Waals surface area (Å²) in [4.78, 5) is 25.8. The minimum Gasteiger partial charge on any atom is -0.371 e. The van der Waals surface area contributed by atoms with E-state index in [9.17, 15) is 4.79 Å². The average Bonchev–Trinajstić information content (AvgIpc) is 3.20. The van der Waals surface area contributed by atoms with Gasteiger partial charge in [0.2, 0.25) is 11.9 Å². The molecule has 3 N–H and O–H groups in total. The van der Waals surface area contributed by atoms with Gasteiger partial charge in [0, 0.05) is 38.1 Å².